The molecule has 1 aromatic rings. The molecule has 6 heteroatoms. The van der Waals surface area contributed by atoms with Gasteiger partial charge in [0.1, 0.15) is 5.69 Å². The number of aromatic nitrogens is 1. The van der Waals surface area contributed by atoms with Gasteiger partial charge in [-0.15, -0.1) is 0 Å². The van der Waals surface area contributed by atoms with Crippen molar-refractivity contribution >= 4 is 11.8 Å². The zero-order valence-electron chi connectivity index (χ0n) is 19.4. The Bertz CT molecular complexity index is 734. The maximum Gasteiger partial charge on any atom is 0.270 e. The molecular weight excluding hydrogens is 376 g/mol. The van der Waals surface area contributed by atoms with Gasteiger partial charge in [-0.05, 0) is 83.4 Å². The van der Waals surface area contributed by atoms with Crippen LogP contribution >= 0.6 is 0 Å². The predicted molar refractivity (Wildman–Crippen MR) is 121 cm³/mol. The topological polar surface area (TPSA) is 68.4 Å². The fraction of sp³-hybridized carbons (Fsp3) is 0.750. The van der Waals surface area contributed by atoms with Gasteiger partial charge in [0.25, 0.3) is 5.91 Å². The van der Waals surface area contributed by atoms with Crippen LogP contribution in [0.2, 0.25) is 0 Å². The van der Waals surface area contributed by atoms with E-state index < -0.39 is 0 Å². The number of piperidine rings is 2. The van der Waals surface area contributed by atoms with Crippen molar-refractivity contribution < 1.29 is 9.59 Å². The molecule has 0 bridgehead atoms. The molecule has 2 saturated heterocycles. The van der Waals surface area contributed by atoms with E-state index in [1.807, 2.05) is 18.7 Å². The second-order valence-electron chi connectivity index (χ2n) is 9.40. The van der Waals surface area contributed by atoms with E-state index >= 15 is 0 Å². The van der Waals surface area contributed by atoms with Crippen LogP contribution in [-0.4, -0.2) is 65.4 Å². The van der Waals surface area contributed by atoms with Crippen molar-refractivity contribution in [2.75, 3.05) is 32.7 Å². The zero-order chi connectivity index (χ0) is 21.7. The van der Waals surface area contributed by atoms with Crippen LogP contribution in [0.15, 0.2) is 0 Å². The van der Waals surface area contributed by atoms with Crippen LogP contribution in [-0.2, 0) is 4.79 Å². The van der Waals surface area contributed by atoms with E-state index in [0.29, 0.717) is 18.4 Å². The number of nitrogens with zero attached hydrogens (tertiary/aromatic N) is 2. The summed E-state index contributed by atoms with van der Waals surface area (Å²) >= 11 is 0. The molecule has 0 radical (unpaired) electrons. The highest BCUT2D eigenvalue weighted by molar-refractivity contribution is 5.94. The largest absolute Gasteiger partial charge is 0.356 e. The molecule has 30 heavy (non-hydrogen) atoms. The van der Waals surface area contributed by atoms with Gasteiger partial charge in [-0.1, -0.05) is 6.42 Å². The Hall–Kier alpha value is -1.82. The molecule has 2 fully saturated rings. The molecule has 2 aliphatic heterocycles. The van der Waals surface area contributed by atoms with E-state index in [1.54, 1.807) is 0 Å². The van der Waals surface area contributed by atoms with E-state index in [9.17, 15) is 9.59 Å². The van der Waals surface area contributed by atoms with Gasteiger partial charge in [0.2, 0.25) is 5.91 Å². The number of likely N-dealkylation sites (tertiary alicyclic amines) is 2. The van der Waals surface area contributed by atoms with E-state index in [4.69, 9.17) is 0 Å². The lowest BCUT2D eigenvalue weighted by molar-refractivity contribution is -0.122. The third-order valence-electron chi connectivity index (χ3n) is 7.29. The fourth-order valence-corrected chi connectivity index (χ4v) is 4.89. The normalized spacial score (nSPS) is 21.1. The minimum atomic E-state index is 0.0959. The number of H-pyrrole nitrogens is 1. The van der Waals surface area contributed by atoms with Crippen LogP contribution < -0.4 is 5.32 Å². The number of rotatable bonds is 7. The molecule has 1 aromatic heterocycles. The van der Waals surface area contributed by atoms with Gasteiger partial charge in [-0.2, -0.15) is 0 Å². The summed E-state index contributed by atoms with van der Waals surface area (Å²) in [6.45, 7) is 12.9. The number of aryl methyl sites for hydroxylation is 1. The third-order valence-corrected chi connectivity index (χ3v) is 7.29. The summed E-state index contributed by atoms with van der Waals surface area (Å²) in [5, 5.41) is 3.11. The maximum atomic E-state index is 12.9. The molecule has 2 amide bonds. The van der Waals surface area contributed by atoms with Gasteiger partial charge in [-0.25, -0.2) is 0 Å². The Morgan fingerprint density at radius 1 is 1.03 bits per heavy atom. The van der Waals surface area contributed by atoms with Gasteiger partial charge in [0.05, 0.1) is 0 Å². The molecule has 6 nitrogen and oxygen atoms in total. The summed E-state index contributed by atoms with van der Waals surface area (Å²) in [5.74, 6) is 0.640. The lowest BCUT2D eigenvalue weighted by Crippen LogP contribution is -2.40. The number of hydrogen-bond donors (Lipinski definition) is 2. The van der Waals surface area contributed by atoms with Crippen molar-refractivity contribution in [2.45, 2.75) is 78.7 Å². The Balaban J connectivity index is 1.34. The fourth-order valence-electron chi connectivity index (χ4n) is 4.89. The minimum absolute atomic E-state index is 0.0959. The summed E-state index contributed by atoms with van der Waals surface area (Å²) in [7, 11) is 0. The third kappa shape index (κ3) is 5.65. The van der Waals surface area contributed by atoms with Crippen LogP contribution in [0.1, 0.15) is 79.2 Å². The molecule has 0 aromatic carbocycles. The van der Waals surface area contributed by atoms with Crippen LogP contribution in [0.5, 0.6) is 0 Å². The van der Waals surface area contributed by atoms with Crippen molar-refractivity contribution in [3.05, 3.63) is 22.5 Å². The van der Waals surface area contributed by atoms with Crippen molar-refractivity contribution in [1.82, 2.24) is 20.1 Å². The minimum Gasteiger partial charge on any atom is -0.356 e. The maximum absolute atomic E-state index is 12.9. The lowest BCUT2D eigenvalue weighted by Gasteiger charge is -2.33. The summed E-state index contributed by atoms with van der Waals surface area (Å²) in [6, 6.07) is 0.685. The highest BCUT2D eigenvalue weighted by Crippen LogP contribution is 2.24. The first-order chi connectivity index (χ1) is 14.4. The number of carbonyl (C=O) groups is 2. The molecule has 1 atom stereocenters. The Morgan fingerprint density at radius 3 is 2.40 bits per heavy atom. The van der Waals surface area contributed by atoms with Crippen LogP contribution in [0.25, 0.3) is 0 Å². The van der Waals surface area contributed by atoms with E-state index in [-0.39, 0.29) is 11.8 Å². The zero-order valence-corrected chi connectivity index (χ0v) is 19.4. The molecule has 2 aliphatic rings. The first-order valence-corrected chi connectivity index (χ1v) is 11.8. The lowest BCUT2D eigenvalue weighted by atomic mass is 9.93. The van der Waals surface area contributed by atoms with Crippen molar-refractivity contribution in [2.24, 2.45) is 5.92 Å². The summed E-state index contributed by atoms with van der Waals surface area (Å²) < 4.78 is 0. The molecule has 0 saturated carbocycles. The standard InChI is InChI=1S/C24H40N4O2/c1-17-8-5-6-12-27(17)13-7-11-25-22(29)16-21-9-14-28(15-10-21)24(30)23-19(3)18(2)20(4)26-23/h17,21,26H,5-16H2,1-4H3,(H,25,29). The quantitative estimate of drug-likeness (QED) is 0.668. The van der Waals surface area contributed by atoms with Gasteiger partial charge in [-0.3, -0.25) is 9.59 Å². The molecule has 0 aliphatic carbocycles. The van der Waals surface area contributed by atoms with Crippen molar-refractivity contribution in [3.8, 4) is 0 Å². The molecule has 3 rings (SSSR count). The Kier molecular flexibility index (Phi) is 7.98. The van der Waals surface area contributed by atoms with Gasteiger partial charge < -0.3 is 20.1 Å². The SMILES string of the molecule is Cc1[nH]c(C(=O)N2CCC(CC(=O)NCCCN3CCCCC3C)CC2)c(C)c1C. The first kappa shape index (κ1) is 22.9. The highest BCUT2D eigenvalue weighted by Gasteiger charge is 2.27. The monoisotopic (exact) mass is 416 g/mol. The average Bonchev–Trinajstić information content (AvgIpc) is 3.00. The van der Waals surface area contributed by atoms with Crippen molar-refractivity contribution in [1.29, 1.82) is 0 Å². The van der Waals surface area contributed by atoms with Gasteiger partial charge in [0, 0.05) is 44.3 Å². The molecular formula is C24H40N4O2. The number of nitrogens with one attached hydrogen (secondary N) is 2. The van der Waals surface area contributed by atoms with Gasteiger partial charge >= 0.3 is 0 Å². The molecule has 168 valence electrons. The first-order valence-electron chi connectivity index (χ1n) is 11.8. The van der Waals surface area contributed by atoms with Crippen LogP contribution in [0.4, 0.5) is 0 Å². The summed E-state index contributed by atoms with van der Waals surface area (Å²) in [6.07, 6.45) is 7.38. The van der Waals surface area contributed by atoms with Gasteiger partial charge in [0.15, 0.2) is 0 Å². The number of aromatic amines is 1. The van der Waals surface area contributed by atoms with Crippen LogP contribution in [0, 0.1) is 26.7 Å². The Morgan fingerprint density at radius 2 is 1.77 bits per heavy atom. The smallest absolute Gasteiger partial charge is 0.270 e. The predicted octanol–water partition coefficient (Wildman–Crippen LogP) is 3.56. The second kappa shape index (κ2) is 10.5. The van der Waals surface area contributed by atoms with E-state index in [2.05, 4.69) is 29.0 Å². The van der Waals surface area contributed by atoms with E-state index in [1.165, 1.54) is 31.4 Å². The number of amides is 2. The molecule has 2 N–H and O–H groups in total. The summed E-state index contributed by atoms with van der Waals surface area (Å²) in [5.41, 5.74) is 4.01. The average molecular weight is 417 g/mol. The number of carbonyl (C=O) groups excluding carboxylic acids is 2. The second-order valence-corrected chi connectivity index (χ2v) is 9.40. The molecule has 1 unspecified atom stereocenters. The van der Waals surface area contributed by atoms with E-state index in [0.717, 1.165) is 62.4 Å². The molecule has 3 heterocycles. The molecule has 0 spiro atoms. The number of hydrogen-bond acceptors (Lipinski definition) is 3. The summed E-state index contributed by atoms with van der Waals surface area (Å²) in [4.78, 5) is 32.9. The van der Waals surface area contributed by atoms with Crippen LogP contribution in [0.3, 0.4) is 0 Å². The van der Waals surface area contributed by atoms with Crippen molar-refractivity contribution in [3.63, 3.8) is 0 Å². The highest BCUT2D eigenvalue weighted by atomic mass is 16.2. The Labute approximate surface area is 181 Å².